The Bertz CT molecular complexity index is 529. The highest BCUT2D eigenvalue weighted by molar-refractivity contribution is 5.75. The summed E-state index contributed by atoms with van der Waals surface area (Å²) in [6, 6.07) is 7.19. The van der Waals surface area contributed by atoms with Crippen LogP contribution in [0.25, 0.3) is 0 Å². The zero-order chi connectivity index (χ0) is 17.0. The molecule has 1 fully saturated rings. The normalized spacial score (nSPS) is 25.9. The molecular weight excluding hydrogens is 290 g/mol. The molecule has 4 heteroatoms. The number of rotatable bonds is 5. The Morgan fingerprint density at radius 1 is 1.22 bits per heavy atom. The van der Waals surface area contributed by atoms with E-state index in [0.717, 1.165) is 12.8 Å². The van der Waals surface area contributed by atoms with Gasteiger partial charge in [-0.25, -0.2) is 4.79 Å². The van der Waals surface area contributed by atoms with Gasteiger partial charge in [-0.3, -0.25) is 0 Å². The molecule has 1 aromatic rings. The van der Waals surface area contributed by atoms with Gasteiger partial charge in [0.05, 0.1) is 5.69 Å². The number of benzene rings is 1. The van der Waals surface area contributed by atoms with Gasteiger partial charge in [0.2, 0.25) is 0 Å². The Kier molecular flexibility index (Phi) is 5.91. The third kappa shape index (κ3) is 4.63. The maximum atomic E-state index is 12.4. The molecule has 2 rings (SSSR count). The van der Waals surface area contributed by atoms with Crippen molar-refractivity contribution in [3.05, 3.63) is 24.3 Å². The third-order valence-corrected chi connectivity index (χ3v) is 4.78. The molecule has 0 aromatic heterocycles. The first-order valence-corrected chi connectivity index (χ1v) is 8.60. The summed E-state index contributed by atoms with van der Waals surface area (Å²) in [4.78, 5) is 12.4. The summed E-state index contributed by atoms with van der Waals surface area (Å²) >= 11 is 0. The number of hydrogen-bond acceptors (Lipinski definition) is 4. The van der Waals surface area contributed by atoms with E-state index in [0.29, 0.717) is 29.2 Å². The van der Waals surface area contributed by atoms with Gasteiger partial charge in [0.15, 0.2) is 6.10 Å². The van der Waals surface area contributed by atoms with Crippen molar-refractivity contribution in [2.45, 2.75) is 59.2 Å². The van der Waals surface area contributed by atoms with E-state index in [4.69, 9.17) is 15.2 Å². The predicted octanol–water partition coefficient (Wildman–Crippen LogP) is 4.04. The number of anilines is 1. The smallest absolute Gasteiger partial charge is 0.347 e. The zero-order valence-electron chi connectivity index (χ0n) is 14.6. The molecule has 0 saturated heterocycles. The van der Waals surface area contributed by atoms with E-state index in [2.05, 4.69) is 20.8 Å². The first kappa shape index (κ1) is 17.6. The van der Waals surface area contributed by atoms with Crippen LogP contribution >= 0.6 is 0 Å². The Balaban J connectivity index is 1.97. The zero-order valence-corrected chi connectivity index (χ0v) is 14.6. The fraction of sp³-hybridized carbons (Fsp3) is 0.632. The molecule has 4 nitrogen and oxygen atoms in total. The summed E-state index contributed by atoms with van der Waals surface area (Å²) < 4.78 is 11.5. The van der Waals surface area contributed by atoms with E-state index in [1.165, 1.54) is 6.42 Å². The minimum absolute atomic E-state index is 0.00887. The average molecular weight is 319 g/mol. The number of nitrogens with two attached hydrogens (primary N) is 1. The second kappa shape index (κ2) is 7.71. The van der Waals surface area contributed by atoms with E-state index >= 15 is 0 Å². The first-order valence-electron chi connectivity index (χ1n) is 8.60. The summed E-state index contributed by atoms with van der Waals surface area (Å²) in [5.41, 5.74) is 6.38. The van der Waals surface area contributed by atoms with Crippen LogP contribution in [0.5, 0.6) is 5.75 Å². The molecule has 23 heavy (non-hydrogen) atoms. The summed E-state index contributed by atoms with van der Waals surface area (Å²) in [5, 5.41) is 0. The second-order valence-electron chi connectivity index (χ2n) is 7.10. The van der Waals surface area contributed by atoms with Crippen LogP contribution < -0.4 is 10.5 Å². The van der Waals surface area contributed by atoms with E-state index in [1.807, 2.05) is 12.1 Å². The summed E-state index contributed by atoms with van der Waals surface area (Å²) in [6.07, 6.45) is 2.60. The maximum Gasteiger partial charge on any atom is 0.347 e. The Hall–Kier alpha value is -1.71. The fourth-order valence-electron chi connectivity index (χ4n) is 3.32. The SMILES string of the molecule is CC1CCC(C(C)C)C(OC(=O)C(C)Oc2ccccc2N)C1. The van der Waals surface area contributed by atoms with E-state index in [9.17, 15) is 4.79 Å². The maximum absolute atomic E-state index is 12.4. The lowest BCUT2D eigenvalue weighted by Gasteiger charge is -2.37. The van der Waals surface area contributed by atoms with Gasteiger partial charge in [-0.2, -0.15) is 0 Å². The van der Waals surface area contributed by atoms with Crippen molar-refractivity contribution in [3.8, 4) is 5.75 Å². The molecule has 1 aliphatic carbocycles. The molecule has 0 amide bonds. The number of ether oxygens (including phenoxy) is 2. The van der Waals surface area contributed by atoms with Crippen molar-refractivity contribution in [1.29, 1.82) is 0 Å². The molecule has 0 bridgehead atoms. The van der Waals surface area contributed by atoms with Crippen LogP contribution in [0, 0.1) is 17.8 Å². The average Bonchev–Trinajstić information content (AvgIpc) is 2.49. The van der Waals surface area contributed by atoms with Crippen molar-refractivity contribution in [1.82, 2.24) is 0 Å². The van der Waals surface area contributed by atoms with Crippen molar-refractivity contribution in [3.63, 3.8) is 0 Å². The number of nitrogen functional groups attached to an aromatic ring is 1. The molecule has 1 aromatic carbocycles. The van der Waals surface area contributed by atoms with Gasteiger partial charge in [0.1, 0.15) is 11.9 Å². The molecule has 4 unspecified atom stereocenters. The quantitative estimate of drug-likeness (QED) is 0.657. The van der Waals surface area contributed by atoms with Gasteiger partial charge in [-0.1, -0.05) is 39.3 Å². The first-order chi connectivity index (χ1) is 10.9. The van der Waals surface area contributed by atoms with Gasteiger partial charge in [-0.05, 0) is 49.7 Å². The molecule has 1 saturated carbocycles. The molecule has 4 atom stereocenters. The molecule has 1 aliphatic rings. The largest absolute Gasteiger partial charge is 0.477 e. The van der Waals surface area contributed by atoms with E-state index < -0.39 is 6.10 Å². The van der Waals surface area contributed by atoms with E-state index in [-0.39, 0.29) is 12.1 Å². The minimum Gasteiger partial charge on any atom is -0.477 e. The van der Waals surface area contributed by atoms with Gasteiger partial charge in [0, 0.05) is 0 Å². The van der Waals surface area contributed by atoms with Crippen molar-refractivity contribution in [2.24, 2.45) is 17.8 Å². The van der Waals surface area contributed by atoms with Crippen LogP contribution in [0.15, 0.2) is 24.3 Å². The highest BCUT2D eigenvalue weighted by atomic mass is 16.6. The van der Waals surface area contributed by atoms with Crippen molar-refractivity contribution in [2.75, 3.05) is 5.73 Å². The lowest BCUT2D eigenvalue weighted by Crippen LogP contribution is -2.39. The Labute approximate surface area is 139 Å². The molecular formula is C19H29NO3. The van der Waals surface area contributed by atoms with Gasteiger partial charge >= 0.3 is 5.97 Å². The molecule has 0 spiro atoms. The van der Waals surface area contributed by atoms with Crippen LogP contribution in [0.1, 0.15) is 47.0 Å². The number of carbonyl (C=O) groups excluding carboxylic acids is 1. The Morgan fingerprint density at radius 3 is 2.57 bits per heavy atom. The molecule has 0 radical (unpaired) electrons. The molecule has 128 valence electrons. The number of hydrogen-bond donors (Lipinski definition) is 1. The highest BCUT2D eigenvalue weighted by Gasteiger charge is 2.34. The number of carbonyl (C=O) groups is 1. The molecule has 0 aliphatic heterocycles. The Morgan fingerprint density at radius 2 is 1.91 bits per heavy atom. The lowest BCUT2D eigenvalue weighted by atomic mass is 9.75. The standard InChI is InChI=1S/C19H29NO3/c1-12(2)15-10-9-13(3)11-18(15)23-19(21)14(4)22-17-8-6-5-7-16(17)20/h5-8,12-15,18H,9-11,20H2,1-4H3. The monoisotopic (exact) mass is 319 g/mol. The minimum atomic E-state index is -0.662. The molecule has 2 N–H and O–H groups in total. The number of esters is 1. The van der Waals surface area contributed by atoms with Crippen LogP contribution in [-0.4, -0.2) is 18.2 Å². The molecule has 0 heterocycles. The van der Waals surface area contributed by atoms with E-state index in [1.54, 1.807) is 19.1 Å². The summed E-state index contributed by atoms with van der Waals surface area (Å²) in [5.74, 6) is 1.77. The van der Waals surface area contributed by atoms with Gasteiger partial charge in [-0.15, -0.1) is 0 Å². The van der Waals surface area contributed by atoms with Crippen molar-refractivity contribution < 1.29 is 14.3 Å². The second-order valence-corrected chi connectivity index (χ2v) is 7.10. The van der Waals surface area contributed by atoms with Crippen LogP contribution in [0.2, 0.25) is 0 Å². The van der Waals surface area contributed by atoms with Crippen LogP contribution in [-0.2, 0) is 9.53 Å². The predicted molar refractivity (Wildman–Crippen MR) is 92.2 cm³/mol. The highest BCUT2D eigenvalue weighted by Crippen LogP contribution is 2.35. The van der Waals surface area contributed by atoms with Gasteiger partial charge < -0.3 is 15.2 Å². The topological polar surface area (TPSA) is 61.5 Å². The third-order valence-electron chi connectivity index (χ3n) is 4.78. The fourth-order valence-corrected chi connectivity index (χ4v) is 3.32. The van der Waals surface area contributed by atoms with Crippen LogP contribution in [0.4, 0.5) is 5.69 Å². The summed E-state index contributed by atoms with van der Waals surface area (Å²) in [6.45, 7) is 8.34. The number of para-hydroxylation sites is 2. The van der Waals surface area contributed by atoms with Gasteiger partial charge in [0.25, 0.3) is 0 Å². The van der Waals surface area contributed by atoms with Crippen molar-refractivity contribution >= 4 is 11.7 Å². The van der Waals surface area contributed by atoms with Crippen LogP contribution in [0.3, 0.4) is 0 Å². The summed E-state index contributed by atoms with van der Waals surface area (Å²) in [7, 11) is 0. The lowest BCUT2D eigenvalue weighted by molar-refractivity contribution is -0.163.